The maximum absolute atomic E-state index is 12.3. The van der Waals surface area contributed by atoms with Crippen molar-refractivity contribution in [3.05, 3.63) is 42.5 Å². The average molecular weight is 327 g/mol. The molecule has 2 aromatic carbocycles. The lowest BCUT2D eigenvalue weighted by molar-refractivity contribution is -0.121. The van der Waals surface area contributed by atoms with Gasteiger partial charge in [0.2, 0.25) is 5.91 Å². The molecular formula is C17H17N3O2S. The van der Waals surface area contributed by atoms with Crippen LogP contribution >= 0.6 is 11.8 Å². The monoisotopic (exact) mass is 327 g/mol. The number of carbonyl (C=O) groups excluding carboxylic acids is 2. The molecule has 0 radical (unpaired) electrons. The predicted molar refractivity (Wildman–Crippen MR) is 94.7 cm³/mol. The Bertz CT molecular complexity index is 796. The molecule has 2 amide bonds. The number of hydrogen-bond acceptors (Lipinski definition) is 4. The SMILES string of the molecule is CN(C)C1=NC(=O)[C@H](CC(=O)Nc2cccc3ccccc23)S1. The highest BCUT2D eigenvalue weighted by molar-refractivity contribution is 8.15. The predicted octanol–water partition coefficient (Wildman–Crippen LogP) is 2.73. The molecule has 1 atom stereocenters. The number of amidine groups is 1. The number of benzene rings is 2. The molecule has 0 saturated heterocycles. The second-order valence-corrected chi connectivity index (χ2v) is 6.68. The van der Waals surface area contributed by atoms with Gasteiger partial charge >= 0.3 is 0 Å². The van der Waals surface area contributed by atoms with Crippen molar-refractivity contribution in [3.63, 3.8) is 0 Å². The molecule has 1 aliphatic rings. The summed E-state index contributed by atoms with van der Waals surface area (Å²) < 4.78 is 0. The zero-order chi connectivity index (χ0) is 16.4. The van der Waals surface area contributed by atoms with Crippen LogP contribution in [-0.2, 0) is 9.59 Å². The van der Waals surface area contributed by atoms with Gasteiger partial charge in [-0.3, -0.25) is 9.59 Å². The molecule has 0 saturated carbocycles. The minimum absolute atomic E-state index is 0.119. The quantitative estimate of drug-likeness (QED) is 0.941. The van der Waals surface area contributed by atoms with E-state index in [0.29, 0.717) is 5.17 Å². The fourth-order valence-electron chi connectivity index (χ4n) is 2.41. The minimum atomic E-state index is -0.442. The summed E-state index contributed by atoms with van der Waals surface area (Å²) in [5, 5.41) is 5.17. The minimum Gasteiger partial charge on any atom is -0.357 e. The van der Waals surface area contributed by atoms with E-state index in [1.165, 1.54) is 11.8 Å². The van der Waals surface area contributed by atoms with E-state index in [0.717, 1.165) is 16.5 Å². The molecule has 0 fully saturated rings. The van der Waals surface area contributed by atoms with Gasteiger partial charge in [-0.1, -0.05) is 48.2 Å². The first-order chi connectivity index (χ1) is 11.0. The van der Waals surface area contributed by atoms with E-state index in [1.54, 1.807) is 4.90 Å². The summed E-state index contributed by atoms with van der Waals surface area (Å²) in [6.45, 7) is 0. The molecule has 3 rings (SSSR count). The number of fused-ring (bicyclic) bond motifs is 1. The molecule has 2 aromatic rings. The highest BCUT2D eigenvalue weighted by atomic mass is 32.2. The van der Waals surface area contributed by atoms with E-state index in [-0.39, 0.29) is 18.2 Å². The van der Waals surface area contributed by atoms with Gasteiger partial charge in [0.15, 0.2) is 5.17 Å². The summed E-state index contributed by atoms with van der Waals surface area (Å²) >= 11 is 1.33. The number of anilines is 1. The zero-order valence-electron chi connectivity index (χ0n) is 12.9. The van der Waals surface area contributed by atoms with Crippen LogP contribution in [0.5, 0.6) is 0 Å². The first kappa shape index (κ1) is 15.6. The van der Waals surface area contributed by atoms with E-state index in [1.807, 2.05) is 56.6 Å². The van der Waals surface area contributed by atoms with Gasteiger partial charge in [0.25, 0.3) is 5.91 Å². The molecule has 0 aliphatic carbocycles. The van der Waals surface area contributed by atoms with Gasteiger partial charge in [-0.05, 0) is 11.5 Å². The third kappa shape index (κ3) is 3.37. The van der Waals surface area contributed by atoms with Gasteiger partial charge in [-0.15, -0.1) is 0 Å². The van der Waals surface area contributed by atoms with Crippen molar-refractivity contribution in [2.75, 3.05) is 19.4 Å². The lowest BCUT2D eigenvalue weighted by Crippen LogP contribution is -2.22. The molecule has 0 unspecified atom stereocenters. The van der Waals surface area contributed by atoms with E-state index < -0.39 is 5.25 Å². The lowest BCUT2D eigenvalue weighted by Gasteiger charge is -2.12. The third-order valence-electron chi connectivity index (χ3n) is 3.55. The number of hydrogen-bond donors (Lipinski definition) is 1. The van der Waals surface area contributed by atoms with Crippen LogP contribution < -0.4 is 5.32 Å². The summed E-state index contributed by atoms with van der Waals surface area (Å²) in [5.74, 6) is -0.422. The topological polar surface area (TPSA) is 61.8 Å². The van der Waals surface area contributed by atoms with Crippen molar-refractivity contribution in [1.82, 2.24) is 4.90 Å². The Morgan fingerprint density at radius 2 is 1.96 bits per heavy atom. The van der Waals surface area contributed by atoms with Crippen molar-refractivity contribution in [3.8, 4) is 0 Å². The molecule has 23 heavy (non-hydrogen) atoms. The highest BCUT2D eigenvalue weighted by Crippen LogP contribution is 2.27. The normalized spacial score (nSPS) is 17.2. The van der Waals surface area contributed by atoms with Gasteiger partial charge in [0, 0.05) is 31.6 Å². The fraction of sp³-hybridized carbons (Fsp3) is 0.235. The van der Waals surface area contributed by atoms with Gasteiger partial charge in [-0.25, -0.2) is 0 Å². The van der Waals surface area contributed by atoms with Crippen molar-refractivity contribution < 1.29 is 9.59 Å². The van der Waals surface area contributed by atoms with Crippen molar-refractivity contribution in [2.45, 2.75) is 11.7 Å². The molecule has 1 aliphatic heterocycles. The number of nitrogens with zero attached hydrogens (tertiary/aromatic N) is 2. The summed E-state index contributed by atoms with van der Waals surface area (Å²) in [4.78, 5) is 29.9. The largest absolute Gasteiger partial charge is 0.357 e. The second-order valence-electron chi connectivity index (χ2n) is 5.51. The standard InChI is InChI=1S/C17H17N3O2S/c1-20(2)17-19-16(22)14(23-17)10-15(21)18-13-9-5-7-11-6-3-4-8-12(11)13/h3-9,14H,10H2,1-2H3,(H,18,21)/t14-/m0/s1. The van der Waals surface area contributed by atoms with E-state index in [9.17, 15) is 9.59 Å². The molecule has 0 aromatic heterocycles. The summed E-state index contributed by atoms with van der Waals surface area (Å²) in [5.41, 5.74) is 0.761. The molecule has 5 nitrogen and oxygen atoms in total. The molecule has 118 valence electrons. The molecule has 6 heteroatoms. The van der Waals surface area contributed by atoms with Gasteiger partial charge in [-0.2, -0.15) is 4.99 Å². The molecule has 0 spiro atoms. The van der Waals surface area contributed by atoms with Crippen LogP contribution in [0.3, 0.4) is 0 Å². The maximum Gasteiger partial charge on any atom is 0.262 e. The molecule has 0 bridgehead atoms. The summed E-state index contributed by atoms with van der Waals surface area (Å²) in [6.07, 6.45) is 0.119. The first-order valence-corrected chi connectivity index (χ1v) is 8.16. The Hall–Kier alpha value is -2.34. The molecule has 1 N–H and O–H groups in total. The van der Waals surface area contributed by atoms with E-state index >= 15 is 0 Å². The zero-order valence-corrected chi connectivity index (χ0v) is 13.8. The van der Waals surface area contributed by atoms with Gasteiger partial charge < -0.3 is 10.2 Å². The van der Waals surface area contributed by atoms with Crippen LogP contribution in [0.2, 0.25) is 0 Å². The van der Waals surface area contributed by atoms with Gasteiger partial charge in [0.05, 0.1) is 0 Å². The molecular weight excluding hydrogens is 310 g/mol. The smallest absolute Gasteiger partial charge is 0.262 e. The van der Waals surface area contributed by atoms with Crippen molar-refractivity contribution >= 4 is 45.2 Å². The van der Waals surface area contributed by atoms with Crippen LogP contribution in [0, 0.1) is 0 Å². The maximum atomic E-state index is 12.3. The second kappa shape index (κ2) is 6.42. The Labute approximate surface area is 138 Å². The van der Waals surface area contributed by atoms with Crippen molar-refractivity contribution in [2.24, 2.45) is 4.99 Å². The number of rotatable bonds is 3. The van der Waals surface area contributed by atoms with Crippen LogP contribution in [0.25, 0.3) is 10.8 Å². The average Bonchev–Trinajstić information content (AvgIpc) is 2.89. The lowest BCUT2D eigenvalue weighted by atomic mass is 10.1. The number of thioether (sulfide) groups is 1. The van der Waals surface area contributed by atoms with Gasteiger partial charge in [0.1, 0.15) is 5.25 Å². The Morgan fingerprint density at radius 1 is 1.22 bits per heavy atom. The summed E-state index contributed by atoms with van der Waals surface area (Å²) in [7, 11) is 3.66. The Morgan fingerprint density at radius 3 is 2.70 bits per heavy atom. The number of aliphatic imine (C=N–C) groups is 1. The number of amides is 2. The number of nitrogens with one attached hydrogen (secondary N) is 1. The highest BCUT2D eigenvalue weighted by Gasteiger charge is 2.31. The van der Waals surface area contributed by atoms with Crippen LogP contribution in [0.1, 0.15) is 6.42 Å². The first-order valence-electron chi connectivity index (χ1n) is 7.29. The van der Waals surface area contributed by atoms with E-state index in [2.05, 4.69) is 10.3 Å². The summed E-state index contributed by atoms with van der Waals surface area (Å²) in [6, 6.07) is 13.6. The van der Waals surface area contributed by atoms with E-state index in [4.69, 9.17) is 0 Å². The third-order valence-corrected chi connectivity index (χ3v) is 4.87. The van der Waals surface area contributed by atoms with Crippen molar-refractivity contribution in [1.29, 1.82) is 0 Å². The van der Waals surface area contributed by atoms with Crippen LogP contribution in [0.4, 0.5) is 5.69 Å². The Kier molecular flexibility index (Phi) is 4.34. The fourth-order valence-corrected chi connectivity index (χ4v) is 3.40. The van der Waals surface area contributed by atoms with Crippen LogP contribution in [0.15, 0.2) is 47.5 Å². The Balaban J connectivity index is 1.69. The number of carbonyl (C=O) groups is 2. The van der Waals surface area contributed by atoms with Crippen LogP contribution in [-0.4, -0.2) is 41.2 Å². The molecule has 1 heterocycles.